The molecule has 4 heteroatoms. The van der Waals surface area contributed by atoms with Gasteiger partial charge in [-0.25, -0.2) is 4.39 Å². The largest absolute Gasteiger partial charge is 0.398 e. The van der Waals surface area contributed by atoms with Gasteiger partial charge in [0.15, 0.2) is 0 Å². The molecule has 1 saturated carbocycles. The van der Waals surface area contributed by atoms with Crippen LogP contribution in [-0.4, -0.2) is 12.5 Å². The van der Waals surface area contributed by atoms with Crippen molar-refractivity contribution in [2.24, 2.45) is 11.8 Å². The van der Waals surface area contributed by atoms with Crippen LogP contribution in [0.15, 0.2) is 12.1 Å². The van der Waals surface area contributed by atoms with Gasteiger partial charge in [0, 0.05) is 23.4 Å². The van der Waals surface area contributed by atoms with Gasteiger partial charge in [-0.1, -0.05) is 26.2 Å². The lowest BCUT2D eigenvalue weighted by Crippen LogP contribution is -2.31. The van der Waals surface area contributed by atoms with Crippen molar-refractivity contribution in [3.63, 3.8) is 0 Å². The first-order chi connectivity index (χ1) is 10.0. The van der Waals surface area contributed by atoms with Gasteiger partial charge in [-0.2, -0.15) is 0 Å². The lowest BCUT2D eigenvalue weighted by molar-refractivity contribution is 0.0941. The molecule has 1 amide bonds. The second-order valence-electron chi connectivity index (χ2n) is 6.18. The molecule has 0 heterocycles. The van der Waals surface area contributed by atoms with Gasteiger partial charge in [-0.15, -0.1) is 0 Å². The van der Waals surface area contributed by atoms with E-state index in [1.54, 1.807) is 13.0 Å². The average molecular weight is 292 g/mol. The predicted molar refractivity (Wildman–Crippen MR) is 83.6 cm³/mol. The van der Waals surface area contributed by atoms with Gasteiger partial charge in [0.2, 0.25) is 0 Å². The second-order valence-corrected chi connectivity index (χ2v) is 6.18. The summed E-state index contributed by atoms with van der Waals surface area (Å²) in [6.07, 6.45) is 6.10. The highest BCUT2D eigenvalue weighted by Crippen LogP contribution is 2.30. The number of hydrogen-bond acceptors (Lipinski definition) is 2. The predicted octanol–water partition coefficient (Wildman–Crippen LogP) is 3.66. The molecule has 1 aromatic carbocycles. The van der Waals surface area contributed by atoms with Crippen molar-refractivity contribution >= 4 is 11.6 Å². The molecule has 3 nitrogen and oxygen atoms in total. The Balaban J connectivity index is 1.88. The lowest BCUT2D eigenvalue weighted by Gasteiger charge is -2.27. The molecule has 1 aliphatic carbocycles. The van der Waals surface area contributed by atoms with Crippen LogP contribution in [0, 0.1) is 24.6 Å². The molecule has 0 spiro atoms. The Bertz CT molecular complexity index is 485. The molecule has 21 heavy (non-hydrogen) atoms. The average Bonchev–Trinajstić information content (AvgIpc) is 2.50. The second kappa shape index (κ2) is 6.92. The first-order valence-corrected chi connectivity index (χ1v) is 7.85. The number of nitrogen functional groups attached to an aromatic ring is 1. The Morgan fingerprint density at radius 3 is 2.48 bits per heavy atom. The normalized spacial score (nSPS) is 22.0. The summed E-state index contributed by atoms with van der Waals surface area (Å²) in [7, 11) is 0. The van der Waals surface area contributed by atoms with E-state index in [4.69, 9.17) is 5.73 Å². The van der Waals surface area contributed by atoms with Gasteiger partial charge < -0.3 is 11.1 Å². The number of nitrogens with two attached hydrogens (primary N) is 1. The van der Waals surface area contributed by atoms with Crippen LogP contribution in [0.3, 0.4) is 0 Å². The molecule has 116 valence electrons. The summed E-state index contributed by atoms with van der Waals surface area (Å²) in [6.45, 7) is 4.52. The van der Waals surface area contributed by atoms with Gasteiger partial charge in [0.1, 0.15) is 5.82 Å². The summed E-state index contributed by atoms with van der Waals surface area (Å²) in [4.78, 5) is 12.1. The maximum Gasteiger partial charge on any atom is 0.251 e. The monoisotopic (exact) mass is 292 g/mol. The van der Waals surface area contributed by atoms with Crippen molar-refractivity contribution in [3.05, 3.63) is 29.1 Å². The maximum atomic E-state index is 13.6. The van der Waals surface area contributed by atoms with Crippen molar-refractivity contribution in [2.75, 3.05) is 12.3 Å². The van der Waals surface area contributed by atoms with Crippen LogP contribution in [-0.2, 0) is 0 Å². The maximum absolute atomic E-state index is 13.6. The van der Waals surface area contributed by atoms with E-state index in [0.717, 1.165) is 5.92 Å². The Labute approximate surface area is 126 Å². The molecule has 0 saturated heterocycles. The Kier molecular flexibility index (Phi) is 5.21. The van der Waals surface area contributed by atoms with Crippen LogP contribution < -0.4 is 11.1 Å². The first kappa shape index (κ1) is 15.8. The van der Waals surface area contributed by atoms with Crippen molar-refractivity contribution in [1.29, 1.82) is 0 Å². The topological polar surface area (TPSA) is 55.1 Å². The van der Waals surface area contributed by atoms with Gasteiger partial charge in [-0.3, -0.25) is 4.79 Å². The van der Waals surface area contributed by atoms with Crippen LogP contribution in [0.2, 0.25) is 0 Å². The molecule has 0 unspecified atom stereocenters. The lowest BCUT2D eigenvalue weighted by atomic mass is 9.81. The SMILES string of the molecule is CCC1CCC(CNC(=O)c2cc(N)c(C)c(F)c2)CC1. The molecule has 0 aliphatic heterocycles. The number of anilines is 1. The van der Waals surface area contributed by atoms with Crippen LogP contribution in [0.1, 0.15) is 54.9 Å². The third kappa shape index (κ3) is 3.96. The van der Waals surface area contributed by atoms with Crippen molar-refractivity contribution in [3.8, 4) is 0 Å². The molecular weight excluding hydrogens is 267 g/mol. The number of amides is 1. The summed E-state index contributed by atoms with van der Waals surface area (Å²) < 4.78 is 13.6. The zero-order valence-electron chi connectivity index (χ0n) is 12.9. The van der Waals surface area contributed by atoms with Gasteiger partial charge in [0.25, 0.3) is 5.91 Å². The van der Waals surface area contributed by atoms with E-state index >= 15 is 0 Å². The highest BCUT2D eigenvalue weighted by molar-refractivity contribution is 5.95. The number of rotatable bonds is 4. The summed E-state index contributed by atoms with van der Waals surface area (Å²) in [5.74, 6) is 0.731. The number of carbonyl (C=O) groups is 1. The van der Waals surface area contributed by atoms with E-state index in [1.807, 2.05) is 0 Å². The molecule has 0 bridgehead atoms. The minimum absolute atomic E-state index is 0.238. The molecular formula is C17H25FN2O. The van der Waals surface area contributed by atoms with E-state index in [-0.39, 0.29) is 5.91 Å². The van der Waals surface area contributed by atoms with Crippen LogP contribution in [0.25, 0.3) is 0 Å². The summed E-state index contributed by atoms with van der Waals surface area (Å²) in [5, 5.41) is 2.91. The van der Waals surface area contributed by atoms with Gasteiger partial charge in [-0.05, 0) is 43.7 Å². The fourth-order valence-corrected chi connectivity index (χ4v) is 3.01. The molecule has 2 rings (SSSR count). The van der Waals surface area contributed by atoms with E-state index in [2.05, 4.69) is 12.2 Å². The standard InChI is InChI=1S/C17H25FN2O/c1-3-12-4-6-13(7-5-12)10-20-17(21)14-8-15(18)11(2)16(19)9-14/h8-9,12-13H,3-7,10,19H2,1-2H3,(H,20,21). The molecule has 1 fully saturated rings. The van der Waals surface area contributed by atoms with E-state index in [0.29, 0.717) is 29.3 Å². The minimum Gasteiger partial charge on any atom is -0.398 e. The van der Waals surface area contributed by atoms with E-state index < -0.39 is 5.82 Å². The highest BCUT2D eigenvalue weighted by atomic mass is 19.1. The van der Waals surface area contributed by atoms with Crippen molar-refractivity contribution in [2.45, 2.75) is 46.0 Å². The van der Waals surface area contributed by atoms with Crippen molar-refractivity contribution in [1.82, 2.24) is 5.32 Å². The number of halogens is 1. The van der Waals surface area contributed by atoms with Crippen LogP contribution >= 0.6 is 0 Å². The van der Waals surface area contributed by atoms with Gasteiger partial charge >= 0.3 is 0 Å². The third-order valence-corrected chi connectivity index (χ3v) is 4.74. The molecule has 1 aliphatic rings. The highest BCUT2D eigenvalue weighted by Gasteiger charge is 2.20. The van der Waals surface area contributed by atoms with Crippen molar-refractivity contribution < 1.29 is 9.18 Å². The Hall–Kier alpha value is -1.58. The number of carbonyl (C=O) groups excluding carboxylic acids is 1. The summed E-state index contributed by atoms with van der Waals surface area (Å²) in [6, 6.07) is 2.80. The fourth-order valence-electron chi connectivity index (χ4n) is 3.01. The summed E-state index contributed by atoms with van der Waals surface area (Å²) >= 11 is 0. The van der Waals surface area contributed by atoms with Crippen LogP contribution in [0.4, 0.5) is 10.1 Å². The first-order valence-electron chi connectivity index (χ1n) is 7.85. The summed E-state index contributed by atoms with van der Waals surface area (Å²) in [5.41, 5.74) is 6.73. The molecule has 0 atom stereocenters. The molecule has 0 radical (unpaired) electrons. The van der Waals surface area contributed by atoms with E-state index in [1.165, 1.54) is 38.2 Å². The zero-order chi connectivity index (χ0) is 15.4. The zero-order valence-corrected chi connectivity index (χ0v) is 12.9. The molecule has 1 aromatic rings. The minimum atomic E-state index is -0.427. The molecule has 3 N–H and O–H groups in total. The quantitative estimate of drug-likeness (QED) is 0.832. The number of nitrogens with one attached hydrogen (secondary N) is 1. The number of benzene rings is 1. The van der Waals surface area contributed by atoms with Gasteiger partial charge in [0.05, 0.1) is 0 Å². The van der Waals surface area contributed by atoms with E-state index in [9.17, 15) is 9.18 Å². The fraction of sp³-hybridized carbons (Fsp3) is 0.588. The smallest absolute Gasteiger partial charge is 0.251 e. The molecule has 0 aromatic heterocycles. The Morgan fingerprint density at radius 1 is 1.29 bits per heavy atom. The van der Waals surface area contributed by atoms with Crippen LogP contribution in [0.5, 0.6) is 0 Å². The number of hydrogen-bond donors (Lipinski definition) is 2. The Morgan fingerprint density at radius 2 is 1.90 bits per heavy atom. The third-order valence-electron chi connectivity index (χ3n) is 4.74.